The molecule has 112 valence electrons. The minimum atomic E-state index is -0.991. The number of benzene rings is 1. The number of aliphatic hydroxyl groups is 1. The second kappa shape index (κ2) is 7.09. The third kappa shape index (κ3) is 4.31. The van der Waals surface area contributed by atoms with Gasteiger partial charge in [-0.1, -0.05) is 29.3 Å². The summed E-state index contributed by atoms with van der Waals surface area (Å²) < 4.78 is 0. The highest BCUT2D eigenvalue weighted by molar-refractivity contribution is 7.15. The van der Waals surface area contributed by atoms with Crippen molar-refractivity contribution in [1.29, 1.82) is 0 Å². The van der Waals surface area contributed by atoms with Crippen LogP contribution in [0.25, 0.3) is 0 Å². The number of thiazole rings is 1. The number of carbonyl (C=O) groups excluding carboxylic acids is 1. The van der Waals surface area contributed by atoms with Crippen molar-refractivity contribution in [3.63, 3.8) is 0 Å². The number of halogens is 2. The summed E-state index contributed by atoms with van der Waals surface area (Å²) >= 11 is 13.3. The van der Waals surface area contributed by atoms with E-state index in [0.717, 1.165) is 4.88 Å². The highest BCUT2D eigenvalue weighted by Crippen LogP contribution is 2.29. The van der Waals surface area contributed by atoms with Crippen molar-refractivity contribution < 1.29 is 9.90 Å². The summed E-state index contributed by atoms with van der Waals surface area (Å²) in [6, 6.07) is 4.49. The van der Waals surface area contributed by atoms with Crippen LogP contribution in [0.3, 0.4) is 0 Å². The number of nitrogens with zero attached hydrogens (tertiary/aromatic N) is 1. The molecule has 3 N–H and O–H groups in total. The SMILES string of the molecule is Cc1cnc(NC(=O)NCC(O)c2c(Cl)cccc2Cl)s1. The zero-order chi connectivity index (χ0) is 15.4. The standard InChI is InChI=1S/C13H13Cl2N3O2S/c1-7-5-17-13(21-7)18-12(20)16-6-10(19)11-8(14)3-2-4-9(11)15/h2-5,10,19H,6H2,1H3,(H2,16,17,18,20). The molecule has 2 amide bonds. The van der Waals surface area contributed by atoms with E-state index < -0.39 is 12.1 Å². The van der Waals surface area contributed by atoms with Crippen LogP contribution in [0, 0.1) is 6.92 Å². The largest absolute Gasteiger partial charge is 0.386 e. The van der Waals surface area contributed by atoms with E-state index in [0.29, 0.717) is 20.7 Å². The van der Waals surface area contributed by atoms with Crippen molar-refractivity contribution in [2.24, 2.45) is 0 Å². The van der Waals surface area contributed by atoms with E-state index in [4.69, 9.17) is 23.2 Å². The molecule has 2 aromatic rings. The molecular formula is C13H13Cl2N3O2S. The van der Waals surface area contributed by atoms with Crippen LogP contribution in [0.4, 0.5) is 9.93 Å². The number of aliphatic hydroxyl groups excluding tert-OH is 1. The average molecular weight is 346 g/mol. The van der Waals surface area contributed by atoms with E-state index in [-0.39, 0.29) is 6.54 Å². The van der Waals surface area contributed by atoms with Gasteiger partial charge in [0.1, 0.15) is 0 Å². The van der Waals surface area contributed by atoms with Crippen molar-refractivity contribution >= 4 is 45.7 Å². The van der Waals surface area contributed by atoms with E-state index in [1.54, 1.807) is 24.4 Å². The van der Waals surface area contributed by atoms with Crippen LogP contribution in [0.5, 0.6) is 0 Å². The molecule has 1 aromatic heterocycles. The Labute approximate surface area is 135 Å². The molecule has 1 aromatic carbocycles. The van der Waals surface area contributed by atoms with E-state index in [9.17, 15) is 9.90 Å². The lowest BCUT2D eigenvalue weighted by atomic mass is 10.1. The second-order valence-corrected chi connectivity index (χ2v) is 6.31. The van der Waals surface area contributed by atoms with Gasteiger partial charge in [-0.3, -0.25) is 5.32 Å². The molecule has 0 saturated carbocycles. The van der Waals surface area contributed by atoms with Crippen LogP contribution < -0.4 is 10.6 Å². The Morgan fingerprint density at radius 1 is 1.43 bits per heavy atom. The van der Waals surface area contributed by atoms with E-state index in [1.807, 2.05) is 6.92 Å². The number of nitrogens with one attached hydrogen (secondary N) is 2. The molecule has 0 spiro atoms. The summed E-state index contributed by atoms with van der Waals surface area (Å²) in [5, 5.41) is 16.4. The topological polar surface area (TPSA) is 74.2 Å². The normalized spacial score (nSPS) is 12.0. The first-order valence-corrected chi connectivity index (χ1v) is 7.64. The molecule has 0 fully saturated rings. The van der Waals surface area contributed by atoms with Crippen LogP contribution in [0.2, 0.25) is 10.0 Å². The molecule has 0 radical (unpaired) electrons. The average Bonchev–Trinajstić information content (AvgIpc) is 2.81. The molecule has 8 heteroatoms. The maximum absolute atomic E-state index is 11.7. The highest BCUT2D eigenvalue weighted by Gasteiger charge is 2.16. The minimum Gasteiger partial charge on any atom is -0.386 e. The van der Waals surface area contributed by atoms with Crippen LogP contribution in [0.15, 0.2) is 24.4 Å². The minimum absolute atomic E-state index is 0.0142. The Balaban J connectivity index is 1.91. The predicted octanol–water partition coefficient (Wildman–Crippen LogP) is 3.61. The first-order chi connectivity index (χ1) is 9.97. The molecule has 2 rings (SSSR count). The summed E-state index contributed by atoms with van der Waals surface area (Å²) in [6.45, 7) is 1.88. The third-order valence-corrected chi connectivity index (χ3v) is 4.12. The van der Waals surface area contributed by atoms with Crippen LogP contribution in [-0.2, 0) is 0 Å². The van der Waals surface area contributed by atoms with Crippen LogP contribution in [0.1, 0.15) is 16.5 Å². The molecule has 5 nitrogen and oxygen atoms in total. The van der Waals surface area contributed by atoms with Crippen molar-refractivity contribution in [3.8, 4) is 0 Å². The highest BCUT2D eigenvalue weighted by atomic mass is 35.5. The van der Waals surface area contributed by atoms with Gasteiger partial charge in [0.2, 0.25) is 0 Å². The fourth-order valence-electron chi connectivity index (χ4n) is 1.67. The number of aryl methyl sites for hydroxylation is 1. The fraction of sp³-hybridized carbons (Fsp3) is 0.231. The lowest BCUT2D eigenvalue weighted by molar-refractivity contribution is 0.175. The number of carbonyl (C=O) groups is 1. The lowest BCUT2D eigenvalue weighted by Crippen LogP contribution is -2.32. The monoisotopic (exact) mass is 345 g/mol. The summed E-state index contributed by atoms with van der Waals surface area (Å²) in [5.74, 6) is 0. The lowest BCUT2D eigenvalue weighted by Gasteiger charge is -2.15. The van der Waals surface area contributed by atoms with E-state index in [2.05, 4.69) is 15.6 Å². The van der Waals surface area contributed by atoms with Gasteiger partial charge in [-0.05, 0) is 19.1 Å². The Bertz CT molecular complexity index is 628. The number of amides is 2. The van der Waals surface area contributed by atoms with Gasteiger partial charge in [-0.2, -0.15) is 0 Å². The first kappa shape index (κ1) is 16.0. The van der Waals surface area contributed by atoms with Crippen molar-refractivity contribution in [1.82, 2.24) is 10.3 Å². The number of urea groups is 1. The fourth-order valence-corrected chi connectivity index (χ4v) is 2.98. The molecule has 0 aliphatic carbocycles. The Morgan fingerprint density at radius 2 is 2.10 bits per heavy atom. The van der Waals surface area contributed by atoms with Crippen molar-refractivity contribution in [3.05, 3.63) is 44.9 Å². The third-order valence-electron chi connectivity index (χ3n) is 2.63. The summed E-state index contributed by atoms with van der Waals surface area (Å²) in [7, 11) is 0. The first-order valence-electron chi connectivity index (χ1n) is 6.06. The molecule has 0 aliphatic rings. The molecule has 0 aliphatic heterocycles. The summed E-state index contributed by atoms with van der Waals surface area (Å²) in [5.41, 5.74) is 0.395. The Hall–Kier alpha value is -1.34. The maximum atomic E-state index is 11.7. The number of anilines is 1. The molecule has 0 saturated heterocycles. The smallest absolute Gasteiger partial charge is 0.321 e. The second-order valence-electron chi connectivity index (χ2n) is 4.26. The van der Waals surface area contributed by atoms with Gasteiger partial charge in [0.25, 0.3) is 0 Å². The summed E-state index contributed by atoms with van der Waals surface area (Å²) in [6.07, 6.45) is 0.675. The Kier molecular flexibility index (Phi) is 5.41. The molecule has 1 unspecified atom stereocenters. The number of hydrogen-bond acceptors (Lipinski definition) is 4. The van der Waals surface area contributed by atoms with Crippen molar-refractivity contribution in [2.75, 3.05) is 11.9 Å². The van der Waals surface area contributed by atoms with Gasteiger partial charge >= 0.3 is 6.03 Å². The number of hydrogen-bond donors (Lipinski definition) is 3. The van der Waals surface area contributed by atoms with Gasteiger partial charge < -0.3 is 10.4 Å². The Morgan fingerprint density at radius 3 is 2.67 bits per heavy atom. The van der Waals surface area contributed by atoms with Crippen LogP contribution in [-0.4, -0.2) is 22.7 Å². The number of aromatic nitrogens is 1. The predicted molar refractivity (Wildman–Crippen MR) is 85.3 cm³/mol. The van der Waals surface area contributed by atoms with E-state index >= 15 is 0 Å². The summed E-state index contributed by atoms with van der Waals surface area (Å²) in [4.78, 5) is 16.7. The zero-order valence-corrected chi connectivity index (χ0v) is 13.4. The van der Waals surface area contributed by atoms with Gasteiger partial charge in [0, 0.05) is 33.2 Å². The molecule has 0 bridgehead atoms. The molecule has 1 atom stereocenters. The van der Waals surface area contributed by atoms with Crippen molar-refractivity contribution in [2.45, 2.75) is 13.0 Å². The molecular weight excluding hydrogens is 333 g/mol. The van der Waals surface area contributed by atoms with Gasteiger partial charge in [0.05, 0.1) is 6.10 Å². The van der Waals surface area contributed by atoms with E-state index in [1.165, 1.54) is 11.3 Å². The number of rotatable bonds is 4. The van der Waals surface area contributed by atoms with Crippen LogP contribution >= 0.6 is 34.5 Å². The van der Waals surface area contributed by atoms with Gasteiger partial charge in [0.15, 0.2) is 5.13 Å². The van der Waals surface area contributed by atoms with Gasteiger partial charge in [-0.25, -0.2) is 9.78 Å². The molecule has 1 heterocycles. The molecule has 21 heavy (non-hydrogen) atoms. The van der Waals surface area contributed by atoms with Gasteiger partial charge in [-0.15, -0.1) is 11.3 Å². The zero-order valence-electron chi connectivity index (χ0n) is 11.1. The maximum Gasteiger partial charge on any atom is 0.321 e. The quantitative estimate of drug-likeness (QED) is 0.792.